The first-order valence-electron chi connectivity index (χ1n) is 7.45. The molecule has 2 aromatic carbocycles. The lowest BCUT2D eigenvalue weighted by atomic mass is 10.1. The summed E-state index contributed by atoms with van der Waals surface area (Å²) >= 11 is 0. The molecule has 0 amide bonds. The van der Waals surface area contributed by atoms with Crippen LogP contribution in [-0.2, 0) is 0 Å². The third kappa shape index (κ3) is 5.33. The second-order valence-electron chi connectivity index (χ2n) is 4.94. The highest BCUT2D eigenvalue weighted by Gasteiger charge is 1.99. The van der Waals surface area contributed by atoms with Crippen molar-refractivity contribution in [2.24, 2.45) is 0 Å². The molecule has 2 aromatic rings. The summed E-state index contributed by atoms with van der Waals surface area (Å²) < 4.78 is 28.0. The summed E-state index contributed by atoms with van der Waals surface area (Å²) in [5.74, 6) is 2.25. The van der Waals surface area contributed by atoms with E-state index in [1.54, 1.807) is 14.2 Å². The van der Waals surface area contributed by atoms with E-state index in [0.29, 0.717) is 13.0 Å². The molecule has 0 saturated carbocycles. The average molecular weight is 316 g/mol. The van der Waals surface area contributed by atoms with E-state index < -0.39 is 0 Å². The van der Waals surface area contributed by atoms with Crippen molar-refractivity contribution in [1.29, 1.82) is 0 Å². The molecule has 0 saturated heterocycles. The molecule has 0 radical (unpaired) electrons. The second kappa shape index (κ2) is 8.83. The first-order valence-corrected chi connectivity index (χ1v) is 7.45. The van der Waals surface area contributed by atoms with Gasteiger partial charge in [0.2, 0.25) is 0 Å². The quantitative estimate of drug-likeness (QED) is 0.526. The van der Waals surface area contributed by atoms with Gasteiger partial charge in [-0.05, 0) is 35.4 Å². The van der Waals surface area contributed by atoms with Crippen molar-refractivity contribution in [2.45, 2.75) is 6.42 Å². The molecule has 2 rings (SSSR count). The minimum Gasteiger partial charge on any atom is -0.497 e. The molecule has 0 N–H and O–H groups in total. The van der Waals surface area contributed by atoms with E-state index in [4.69, 9.17) is 14.2 Å². The van der Waals surface area contributed by atoms with Crippen LogP contribution in [0.2, 0.25) is 0 Å². The van der Waals surface area contributed by atoms with E-state index >= 15 is 0 Å². The van der Waals surface area contributed by atoms with Gasteiger partial charge in [-0.2, -0.15) is 0 Å². The summed E-state index contributed by atoms with van der Waals surface area (Å²) in [5.41, 5.74) is 2.04. The lowest BCUT2D eigenvalue weighted by molar-refractivity contribution is 0.289. The Morgan fingerprint density at radius 3 is 2.00 bits per heavy atom. The van der Waals surface area contributed by atoms with E-state index in [1.807, 2.05) is 54.6 Å². The van der Waals surface area contributed by atoms with Gasteiger partial charge in [0, 0.05) is 12.5 Å². The molecule has 4 heteroatoms. The molecule has 0 spiro atoms. The standard InChI is InChI=1S/C19H21FO3/c1-21-18-12-16(13-19(14-18)22-2)5-4-15-6-8-17(9-7-15)23-11-3-10-20/h4-9,12-14H,3,10-11H2,1-2H3/b5-4+. The van der Waals surface area contributed by atoms with Gasteiger partial charge >= 0.3 is 0 Å². The zero-order valence-electron chi connectivity index (χ0n) is 13.4. The molecule has 122 valence electrons. The summed E-state index contributed by atoms with van der Waals surface area (Å²) in [6, 6.07) is 13.4. The summed E-state index contributed by atoms with van der Waals surface area (Å²) in [6.07, 6.45) is 4.41. The number of alkyl halides is 1. The van der Waals surface area contributed by atoms with Gasteiger partial charge in [0.1, 0.15) is 17.2 Å². The predicted molar refractivity (Wildman–Crippen MR) is 91.0 cm³/mol. The molecule has 23 heavy (non-hydrogen) atoms. The Labute approximate surface area is 136 Å². The number of hydrogen-bond acceptors (Lipinski definition) is 3. The van der Waals surface area contributed by atoms with Crippen molar-refractivity contribution in [2.75, 3.05) is 27.5 Å². The smallest absolute Gasteiger partial charge is 0.123 e. The maximum atomic E-state index is 12.0. The van der Waals surface area contributed by atoms with E-state index in [-0.39, 0.29) is 6.67 Å². The highest BCUT2D eigenvalue weighted by atomic mass is 19.1. The molecule has 0 aromatic heterocycles. The van der Waals surface area contributed by atoms with Gasteiger partial charge in [0.15, 0.2) is 0 Å². The molecule has 0 fully saturated rings. The molecule has 3 nitrogen and oxygen atoms in total. The molecule has 0 unspecified atom stereocenters. The topological polar surface area (TPSA) is 27.7 Å². The Hall–Kier alpha value is -2.49. The van der Waals surface area contributed by atoms with Crippen LogP contribution in [0.15, 0.2) is 42.5 Å². The average Bonchev–Trinajstić information content (AvgIpc) is 2.61. The van der Waals surface area contributed by atoms with Crippen molar-refractivity contribution in [3.63, 3.8) is 0 Å². The maximum absolute atomic E-state index is 12.0. The first-order chi connectivity index (χ1) is 11.2. The van der Waals surface area contributed by atoms with Crippen LogP contribution >= 0.6 is 0 Å². The molecular formula is C19H21FO3. The van der Waals surface area contributed by atoms with Crippen LogP contribution in [0.25, 0.3) is 12.2 Å². The lowest BCUT2D eigenvalue weighted by Crippen LogP contribution is -1.97. The van der Waals surface area contributed by atoms with Gasteiger partial charge < -0.3 is 14.2 Å². The largest absolute Gasteiger partial charge is 0.497 e. The third-order valence-electron chi connectivity index (χ3n) is 3.27. The lowest BCUT2D eigenvalue weighted by Gasteiger charge is -2.06. The Kier molecular flexibility index (Phi) is 6.48. The van der Waals surface area contributed by atoms with Crippen molar-refractivity contribution in [3.05, 3.63) is 53.6 Å². The SMILES string of the molecule is COc1cc(/C=C/c2ccc(OCCCF)cc2)cc(OC)c1. The van der Waals surface area contributed by atoms with Gasteiger partial charge in [-0.15, -0.1) is 0 Å². The Morgan fingerprint density at radius 1 is 0.826 bits per heavy atom. The van der Waals surface area contributed by atoms with Crippen LogP contribution in [0.3, 0.4) is 0 Å². The fourth-order valence-corrected chi connectivity index (χ4v) is 2.04. The number of halogens is 1. The minimum atomic E-state index is -0.356. The zero-order chi connectivity index (χ0) is 16.5. The number of rotatable bonds is 8. The van der Waals surface area contributed by atoms with Crippen LogP contribution in [0.4, 0.5) is 4.39 Å². The predicted octanol–water partition coefficient (Wildman–Crippen LogP) is 4.61. The van der Waals surface area contributed by atoms with E-state index in [2.05, 4.69) is 0 Å². The highest BCUT2D eigenvalue weighted by Crippen LogP contribution is 2.24. The molecule has 0 aliphatic carbocycles. The Bertz CT molecular complexity index is 613. The number of ether oxygens (including phenoxy) is 3. The normalized spacial score (nSPS) is 10.7. The van der Waals surface area contributed by atoms with Crippen LogP contribution in [-0.4, -0.2) is 27.5 Å². The highest BCUT2D eigenvalue weighted by molar-refractivity contribution is 5.71. The number of benzene rings is 2. The van der Waals surface area contributed by atoms with Crippen LogP contribution < -0.4 is 14.2 Å². The Morgan fingerprint density at radius 2 is 1.43 bits per heavy atom. The van der Waals surface area contributed by atoms with Gasteiger partial charge in [-0.3, -0.25) is 4.39 Å². The molecule has 0 aliphatic heterocycles. The van der Waals surface area contributed by atoms with Crippen molar-refractivity contribution in [3.8, 4) is 17.2 Å². The van der Waals surface area contributed by atoms with Gasteiger partial charge in [0.05, 0.1) is 27.5 Å². The second-order valence-corrected chi connectivity index (χ2v) is 4.94. The Balaban J connectivity index is 2.05. The van der Waals surface area contributed by atoms with Crippen molar-refractivity contribution < 1.29 is 18.6 Å². The van der Waals surface area contributed by atoms with Gasteiger partial charge in [-0.1, -0.05) is 24.3 Å². The van der Waals surface area contributed by atoms with Crippen molar-refractivity contribution >= 4 is 12.2 Å². The molecule has 0 atom stereocenters. The van der Waals surface area contributed by atoms with Gasteiger partial charge in [0.25, 0.3) is 0 Å². The summed E-state index contributed by atoms with van der Waals surface area (Å²) in [6.45, 7) is 0.0418. The van der Waals surface area contributed by atoms with Crippen LogP contribution in [0.5, 0.6) is 17.2 Å². The summed E-state index contributed by atoms with van der Waals surface area (Å²) in [5, 5.41) is 0. The fourth-order valence-electron chi connectivity index (χ4n) is 2.04. The maximum Gasteiger partial charge on any atom is 0.123 e. The third-order valence-corrected chi connectivity index (χ3v) is 3.27. The summed E-state index contributed by atoms with van der Waals surface area (Å²) in [7, 11) is 3.26. The molecule has 0 heterocycles. The first kappa shape index (κ1) is 16.9. The summed E-state index contributed by atoms with van der Waals surface area (Å²) in [4.78, 5) is 0. The number of hydrogen-bond donors (Lipinski definition) is 0. The van der Waals surface area contributed by atoms with E-state index in [0.717, 1.165) is 28.4 Å². The van der Waals surface area contributed by atoms with Crippen LogP contribution in [0.1, 0.15) is 17.5 Å². The van der Waals surface area contributed by atoms with E-state index in [1.165, 1.54) is 0 Å². The molecule has 0 bridgehead atoms. The van der Waals surface area contributed by atoms with Crippen LogP contribution in [0, 0.1) is 0 Å². The number of methoxy groups -OCH3 is 2. The van der Waals surface area contributed by atoms with E-state index in [9.17, 15) is 4.39 Å². The minimum absolute atomic E-state index is 0.356. The zero-order valence-corrected chi connectivity index (χ0v) is 13.4. The van der Waals surface area contributed by atoms with Crippen molar-refractivity contribution in [1.82, 2.24) is 0 Å². The molecular weight excluding hydrogens is 295 g/mol. The monoisotopic (exact) mass is 316 g/mol. The fraction of sp³-hybridized carbons (Fsp3) is 0.263. The molecule has 0 aliphatic rings. The van der Waals surface area contributed by atoms with Gasteiger partial charge in [-0.25, -0.2) is 0 Å².